The highest BCUT2D eigenvalue weighted by Crippen LogP contribution is 2.29. The fourth-order valence-electron chi connectivity index (χ4n) is 2.67. The van der Waals surface area contributed by atoms with Crippen molar-refractivity contribution in [2.75, 3.05) is 26.2 Å². The van der Waals surface area contributed by atoms with Gasteiger partial charge in [0.2, 0.25) is 0 Å². The van der Waals surface area contributed by atoms with Crippen LogP contribution >= 0.6 is 0 Å². The van der Waals surface area contributed by atoms with E-state index in [1.807, 2.05) is 49.5 Å². The van der Waals surface area contributed by atoms with Crippen molar-refractivity contribution >= 4 is 23.7 Å². The molecular weight excluding hydrogens is 330 g/mol. The fourth-order valence-corrected chi connectivity index (χ4v) is 2.67. The summed E-state index contributed by atoms with van der Waals surface area (Å²) in [6, 6.07) is 17.8. The van der Waals surface area contributed by atoms with Gasteiger partial charge in [-0.3, -0.25) is 0 Å². The quantitative estimate of drug-likeness (QED) is 0.344. The summed E-state index contributed by atoms with van der Waals surface area (Å²) >= 11 is 0. The van der Waals surface area contributed by atoms with E-state index < -0.39 is 11.9 Å². The van der Waals surface area contributed by atoms with E-state index in [0.29, 0.717) is 0 Å². The standard InChI is InChI=1S/C21H23NO4/c1-15(16-10-6-5-7-11-16)22(2)19-13-9-8-12-17(19)14-18(20(23)25-3)21(24)26-4/h5-15H,1-4H3/t15-/m0/s1. The van der Waals surface area contributed by atoms with E-state index in [1.165, 1.54) is 20.3 Å². The highest BCUT2D eigenvalue weighted by atomic mass is 16.5. The van der Waals surface area contributed by atoms with Crippen LogP contribution in [0.25, 0.3) is 6.08 Å². The van der Waals surface area contributed by atoms with Crippen molar-refractivity contribution in [3.05, 3.63) is 71.3 Å². The first-order chi connectivity index (χ1) is 12.5. The number of nitrogens with zero attached hydrogens (tertiary/aromatic N) is 1. The van der Waals surface area contributed by atoms with E-state index >= 15 is 0 Å². The van der Waals surface area contributed by atoms with Gasteiger partial charge in [0.05, 0.1) is 20.3 Å². The van der Waals surface area contributed by atoms with E-state index in [4.69, 9.17) is 9.47 Å². The van der Waals surface area contributed by atoms with E-state index in [9.17, 15) is 9.59 Å². The first-order valence-corrected chi connectivity index (χ1v) is 8.24. The molecule has 5 heteroatoms. The normalized spacial score (nSPS) is 11.2. The molecule has 5 nitrogen and oxygen atoms in total. The number of rotatable bonds is 6. The number of esters is 2. The van der Waals surface area contributed by atoms with Crippen molar-refractivity contribution in [2.24, 2.45) is 0 Å². The van der Waals surface area contributed by atoms with Crippen LogP contribution in [0.15, 0.2) is 60.2 Å². The van der Waals surface area contributed by atoms with E-state index in [-0.39, 0.29) is 11.6 Å². The minimum absolute atomic E-state index is 0.102. The van der Waals surface area contributed by atoms with Crippen LogP contribution in [0.5, 0.6) is 0 Å². The number of hydrogen-bond donors (Lipinski definition) is 0. The summed E-state index contributed by atoms with van der Waals surface area (Å²) in [5, 5.41) is 0. The maximum Gasteiger partial charge on any atom is 0.345 e. The number of carbonyl (C=O) groups is 2. The second-order valence-corrected chi connectivity index (χ2v) is 5.80. The van der Waals surface area contributed by atoms with Gasteiger partial charge >= 0.3 is 11.9 Å². The number of ether oxygens (including phenoxy) is 2. The maximum absolute atomic E-state index is 11.9. The van der Waals surface area contributed by atoms with Gasteiger partial charge in [-0.15, -0.1) is 0 Å². The molecule has 0 N–H and O–H groups in total. The number of hydrogen-bond acceptors (Lipinski definition) is 5. The smallest absolute Gasteiger partial charge is 0.345 e. The van der Waals surface area contributed by atoms with Gasteiger partial charge in [-0.05, 0) is 30.2 Å². The number of methoxy groups -OCH3 is 2. The topological polar surface area (TPSA) is 55.8 Å². The molecule has 1 atom stereocenters. The molecule has 0 saturated carbocycles. The van der Waals surface area contributed by atoms with Crippen LogP contribution in [0.4, 0.5) is 5.69 Å². The van der Waals surface area contributed by atoms with Gasteiger partial charge in [-0.1, -0.05) is 48.5 Å². The molecule has 0 aliphatic carbocycles. The lowest BCUT2D eigenvalue weighted by molar-refractivity contribution is -0.143. The van der Waals surface area contributed by atoms with Crippen LogP contribution in [0, 0.1) is 0 Å². The zero-order valence-electron chi connectivity index (χ0n) is 15.4. The summed E-state index contributed by atoms with van der Waals surface area (Å²) in [4.78, 5) is 26.0. The Bertz CT molecular complexity index is 781. The number of para-hydroxylation sites is 1. The summed E-state index contributed by atoms with van der Waals surface area (Å²) in [6.45, 7) is 2.09. The van der Waals surface area contributed by atoms with Crippen LogP contribution < -0.4 is 4.90 Å². The molecule has 0 fully saturated rings. The summed E-state index contributed by atoms with van der Waals surface area (Å²) in [6.07, 6.45) is 1.50. The summed E-state index contributed by atoms with van der Waals surface area (Å²) < 4.78 is 9.41. The van der Waals surface area contributed by atoms with Crippen molar-refractivity contribution < 1.29 is 19.1 Å². The Balaban J connectivity index is 2.45. The van der Waals surface area contributed by atoms with Crippen molar-refractivity contribution in [3.63, 3.8) is 0 Å². The van der Waals surface area contributed by atoms with E-state index in [2.05, 4.69) is 24.0 Å². The summed E-state index contributed by atoms with van der Waals surface area (Å²) in [5.41, 5.74) is 2.62. The number of benzene rings is 2. The highest BCUT2D eigenvalue weighted by molar-refractivity contribution is 6.18. The van der Waals surface area contributed by atoms with Gasteiger partial charge in [0.25, 0.3) is 0 Å². The molecule has 0 radical (unpaired) electrons. The second-order valence-electron chi connectivity index (χ2n) is 5.80. The predicted molar refractivity (Wildman–Crippen MR) is 102 cm³/mol. The van der Waals surface area contributed by atoms with Gasteiger partial charge in [-0.2, -0.15) is 0 Å². The number of carbonyl (C=O) groups excluding carboxylic acids is 2. The average Bonchev–Trinajstić information content (AvgIpc) is 2.70. The monoisotopic (exact) mass is 353 g/mol. The van der Waals surface area contributed by atoms with Crippen LogP contribution in [0.1, 0.15) is 24.1 Å². The molecule has 0 amide bonds. The van der Waals surface area contributed by atoms with E-state index in [1.54, 1.807) is 0 Å². The molecule has 0 spiro atoms. The molecular formula is C21H23NO4. The van der Waals surface area contributed by atoms with Gasteiger partial charge in [-0.25, -0.2) is 9.59 Å². The largest absolute Gasteiger partial charge is 0.465 e. The third-order valence-electron chi connectivity index (χ3n) is 4.29. The molecule has 136 valence electrons. The lowest BCUT2D eigenvalue weighted by Crippen LogP contribution is -2.22. The Morgan fingerprint density at radius 2 is 1.46 bits per heavy atom. The minimum atomic E-state index is -0.731. The SMILES string of the molecule is COC(=O)C(=Cc1ccccc1N(C)[C@@H](C)c1ccccc1)C(=O)OC. The lowest BCUT2D eigenvalue weighted by atomic mass is 10.0. The molecule has 0 bridgehead atoms. The van der Waals surface area contributed by atoms with Crippen molar-refractivity contribution in [1.29, 1.82) is 0 Å². The molecule has 26 heavy (non-hydrogen) atoms. The Hall–Kier alpha value is -3.08. The van der Waals surface area contributed by atoms with Crippen LogP contribution in [-0.2, 0) is 19.1 Å². The Morgan fingerprint density at radius 3 is 2.04 bits per heavy atom. The van der Waals surface area contributed by atoms with Gasteiger partial charge in [0, 0.05) is 12.7 Å². The summed E-state index contributed by atoms with van der Waals surface area (Å²) in [7, 11) is 4.43. The molecule has 2 aromatic rings. The van der Waals surface area contributed by atoms with Crippen LogP contribution in [0.2, 0.25) is 0 Å². The first kappa shape index (κ1) is 19.2. The summed E-state index contributed by atoms with van der Waals surface area (Å²) in [5.74, 6) is -1.46. The molecule has 0 heterocycles. The Labute approximate surface area is 153 Å². The minimum Gasteiger partial charge on any atom is -0.465 e. The van der Waals surface area contributed by atoms with Gasteiger partial charge in [0.15, 0.2) is 0 Å². The molecule has 2 aromatic carbocycles. The third-order valence-corrected chi connectivity index (χ3v) is 4.29. The lowest BCUT2D eigenvalue weighted by Gasteiger charge is -2.29. The van der Waals surface area contributed by atoms with E-state index in [0.717, 1.165) is 16.8 Å². The first-order valence-electron chi connectivity index (χ1n) is 8.24. The molecule has 0 saturated heterocycles. The Morgan fingerprint density at radius 1 is 0.923 bits per heavy atom. The van der Waals surface area contributed by atoms with Crippen molar-refractivity contribution in [2.45, 2.75) is 13.0 Å². The van der Waals surface area contributed by atoms with Crippen LogP contribution in [-0.4, -0.2) is 33.2 Å². The molecule has 0 unspecified atom stereocenters. The second kappa shape index (κ2) is 8.85. The van der Waals surface area contributed by atoms with Gasteiger partial charge < -0.3 is 14.4 Å². The predicted octanol–water partition coefficient (Wildman–Crippen LogP) is 3.61. The van der Waals surface area contributed by atoms with Crippen molar-refractivity contribution in [3.8, 4) is 0 Å². The Kier molecular flexibility index (Phi) is 6.55. The molecule has 2 rings (SSSR count). The van der Waals surface area contributed by atoms with Crippen molar-refractivity contribution in [1.82, 2.24) is 0 Å². The fraction of sp³-hybridized carbons (Fsp3) is 0.238. The molecule has 0 aliphatic rings. The average molecular weight is 353 g/mol. The third kappa shape index (κ3) is 4.30. The number of anilines is 1. The highest BCUT2D eigenvalue weighted by Gasteiger charge is 2.21. The maximum atomic E-state index is 11.9. The zero-order chi connectivity index (χ0) is 19.1. The molecule has 0 aromatic heterocycles. The zero-order valence-corrected chi connectivity index (χ0v) is 15.4. The van der Waals surface area contributed by atoms with Crippen LogP contribution in [0.3, 0.4) is 0 Å². The molecule has 0 aliphatic heterocycles. The van der Waals surface area contributed by atoms with Gasteiger partial charge in [0.1, 0.15) is 5.57 Å².